The van der Waals surface area contributed by atoms with Crippen molar-refractivity contribution >= 4 is 15.9 Å². The second-order valence-corrected chi connectivity index (χ2v) is 9.68. The normalized spacial score (nSPS) is 15.2. The Hall–Kier alpha value is -2.98. The molecule has 9 nitrogen and oxygen atoms in total. The third-order valence-electron chi connectivity index (χ3n) is 5.47. The van der Waals surface area contributed by atoms with Gasteiger partial charge in [-0.15, -0.1) is 0 Å². The van der Waals surface area contributed by atoms with Crippen LogP contribution in [0.15, 0.2) is 41.3 Å². The Morgan fingerprint density at radius 3 is 2.45 bits per heavy atom. The largest absolute Gasteiger partial charge is 0.486 e. The highest BCUT2D eigenvalue weighted by atomic mass is 32.2. The molecule has 0 saturated carbocycles. The first-order valence-electron chi connectivity index (χ1n) is 11.0. The summed E-state index contributed by atoms with van der Waals surface area (Å²) in [4.78, 5) is 12.4. The number of benzene rings is 2. The van der Waals surface area contributed by atoms with Crippen LogP contribution in [0.4, 0.5) is 0 Å². The van der Waals surface area contributed by atoms with Crippen LogP contribution in [-0.2, 0) is 14.8 Å². The van der Waals surface area contributed by atoms with Crippen LogP contribution >= 0.6 is 0 Å². The van der Waals surface area contributed by atoms with Gasteiger partial charge < -0.3 is 24.3 Å². The van der Waals surface area contributed by atoms with Crippen molar-refractivity contribution < 1.29 is 32.2 Å². The monoisotopic (exact) mass is 476 g/mol. The molecule has 1 atom stereocenters. The van der Waals surface area contributed by atoms with E-state index < -0.39 is 10.0 Å². The molecule has 0 bridgehead atoms. The van der Waals surface area contributed by atoms with Crippen LogP contribution in [0.3, 0.4) is 0 Å². The van der Waals surface area contributed by atoms with E-state index >= 15 is 0 Å². The SMILES string of the molecule is C[C@H](NC(=O)CCCCCNS(=O)(=O)c1ccc2c(c1)OCCO2)c1ccc2c(c1)OCO2. The Labute approximate surface area is 193 Å². The van der Waals surface area contributed by atoms with Gasteiger partial charge in [0, 0.05) is 19.0 Å². The van der Waals surface area contributed by atoms with Crippen molar-refractivity contribution in [1.82, 2.24) is 10.0 Å². The molecule has 2 N–H and O–H groups in total. The molecule has 0 fully saturated rings. The average Bonchev–Trinajstić information content (AvgIpc) is 3.29. The molecule has 2 aromatic carbocycles. The van der Waals surface area contributed by atoms with Gasteiger partial charge in [0.1, 0.15) is 13.2 Å². The molecule has 0 saturated heterocycles. The zero-order valence-corrected chi connectivity index (χ0v) is 19.3. The van der Waals surface area contributed by atoms with E-state index in [0.29, 0.717) is 62.0 Å². The van der Waals surface area contributed by atoms with E-state index in [9.17, 15) is 13.2 Å². The van der Waals surface area contributed by atoms with Gasteiger partial charge in [0.05, 0.1) is 10.9 Å². The molecule has 4 rings (SSSR count). The molecule has 2 aliphatic rings. The van der Waals surface area contributed by atoms with Gasteiger partial charge in [-0.2, -0.15) is 0 Å². The fourth-order valence-corrected chi connectivity index (χ4v) is 4.74. The van der Waals surface area contributed by atoms with Gasteiger partial charge >= 0.3 is 0 Å². The molecule has 0 unspecified atom stereocenters. The number of rotatable bonds is 10. The van der Waals surface area contributed by atoms with Crippen molar-refractivity contribution in [3.05, 3.63) is 42.0 Å². The molecule has 1 amide bonds. The summed E-state index contributed by atoms with van der Waals surface area (Å²) >= 11 is 0. The van der Waals surface area contributed by atoms with E-state index in [0.717, 1.165) is 12.0 Å². The molecule has 0 aliphatic carbocycles. The maximum atomic E-state index is 12.5. The Bertz CT molecular complexity index is 1100. The second kappa shape index (κ2) is 10.3. The van der Waals surface area contributed by atoms with E-state index in [1.54, 1.807) is 6.07 Å². The summed E-state index contributed by atoms with van der Waals surface area (Å²) in [5.74, 6) is 2.34. The number of amides is 1. The first-order chi connectivity index (χ1) is 15.9. The van der Waals surface area contributed by atoms with Gasteiger partial charge in [-0.05, 0) is 49.6 Å². The third-order valence-corrected chi connectivity index (χ3v) is 6.93. The van der Waals surface area contributed by atoms with Crippen LogP contribution in [0.2, 0.25) is 0 Å². The van der Waals surface area contributed by atoms with Gasteiger partial charge in [0.15, 0.2) is 23.0 Å². The molecule has 0 aromatic heterocycles. The molecule has 2 heterocycles. The Morgan fingerprint density at radius 2 is 1.61 bits per heavy atom. The van der Waals surface area contributed by atoms with Crippen molar-refractivity contribution in [3.8, 4) is 23.0 Å². The standard InChI is InChI=1S/C23H28N2O7S/c1-16(17-6-8-20-21(13-17)32-15-31-20)25-23(26)5-3-2-4-10-24-33(27,28)18-7-9-19-22(14-18)30-12-11-29-19/h6-9,13-14,16,24H,2-5,10-12,15H2,1H3,(H,25,26)/t16-/m0/s1. The van der Waals surface area contributed by atoms with Gasteiger partial charge in [0.2, 0.25) is 22.7 Å². The lowest BCUT2D eigenvalue weighted by atomic mass is 10.1. The maximum absolute atomic E-state index is 12.5. The van der Waals surface area contributed by atoms with E-state index in [2.05, 4.69) is 10.0 Å². The van der Waals surface area contributed by atoms with E-state index in [1.807, 2.05) is 25.1 Å². The summed E-state index contributed by atoms with van der Waals surface area (Å²) in [6.07, 6.45) is 2.42. The Kier molecular flexibility index (Phi) is 7.24. The molecule has 10 heteroatoms. The zero-order chi connectivity index (χ0) is 23.3. The average molecular weight is 477 g/mol. The molecule has 2 aromatic rings. The minimum absolute atomic E-state index is 0.0444. The number of hydrogen-bond acceptors (Lipinski definition) is 7. The highest BCUT2D eigenvalue weighted by Crippen LogP contribution is 2.34. The second-order valence-electron chi connectivity index (χ2n) is 7.92. The molecule has 0 spiro atoms. The van der Waals surface area contributed by atoms with Crippen LogP contribution in [-0.4, -0.2) is 40.9 Å². The van der Waals surface area contributed by atoms with E-state index in [-0.39, 0.29) is 23.6 Å². The van der Waals surface area contributed by atoms with Crippen molar-refractivity contribution in [2.75, 3.05) is 26.6 Å². The van der Waals surface area contributed by atoms with Crippen LogP contribution in [0.5, 0.6) is 23.0 Å². The molecule has 2 aliphatic heterocycles. The predicted molar refractivity (Wildman–Crippen MR) is 120 cm³/mol. The highest BCUT2D eigenvalue weighted by Gasteiger charge is 2.19. The predicted octanol–water partition coefficient (Wildman–Crippen LogP) is 2.90. The van der Waals surface area contributed by atoms with Gasteiger partial charge in [-0.3, -0.25) is 4.79 Å². The summed E-state index contributed by atoms with van der Waals surface area (Å²) < 4.78 is 49.1. The van der Waals surface area contributed by atoms with E-state index in [4.69, 9.17) is 18.9 Å². The lowest BCUT2D eigenvalue weighted by Gasteiger charge is -2.18. The van der Waals surface area contributed by atoms with Crippen LogP contribution in [0, 0.1) is 0 Å². The summed E-state index contributed by atoms with van der Waals surface area (Å²) in [6.45, 7) is 3.28. The van der Waals surface area contributed by atoms with Crippen LogP contribution < -0.4 is 29.0 Å². The lowest BCUT2D eigenvalue weighted by molar-refractivity contribution is -0.121. The number of nitrogens with one attached hydrogen (secondary N) is 2. The maximum Gasteiger partial charge on any atom is 0.240 e. The summed E-state index contributed by atoms with van der Waals surface area (Å²) in [5.41, 5.74) is 0.946. The minimum atomic E-state index is -3.63. The molecular formula is C23H28N2O7S. The van der Waals surface area contributed by atoms with Gasteiger partial charge in [-0.25, -0.2) is 13.1 Å². The van der Waals surface area contributed by atoms with Crippen molar-refractivity contribution in [3.63, 3.8) is 0 Å². The number of carbonyl (C=O) groups excluding carboxylic acids is 1. The first kappa shape index (κ1) is 23.2. The summed E-state index contributed by atoms with van der Waals surface area (Å²) in [5, 5.41) is 2.98. The first-order valence-corrected chi connectivity index (χ1v) is 12.5. The smallest absolute Gasteiger partial charge is 0.240 e. The molecular weight excluding hydrogens is 448 g/mol. The van der Waals surface area contributed by atoms with Crippen LogP contribution in [0.25, 0.3) is 0 Å². The fourth-order valence-electron chi connectivity index (χ4n) is 3.65. The quantitative estimate of drug-likeness (QED) is 0.507. The molecule has 178 valence electrons. The highest BCUT2D eigenvalue weighted by molar-refractivity contribution is 7.89. The van der Waals surface area contributed by atoms with Crippen molar-refractivity contribution in [1.29, 1.82) is 0 Å². The number of sulfonamides is 1. The number of unbranched alkanes of at least 4 members (excludes halogenated alkanes) is 2. The summed E-state index contributed by atoms with van der Waals surface area (Å²) in [7, 11) is -3.63. The number of fused-ring (bicyclic) bond motifs is 2. The zero-order valence-electron chi connectivity index (χ0n) is 18.5. The summed E-state index contributed by atoms with van der Waals surface area (Å²) in [6, 6.07) is 10.1. The number of hydrogen-bond donors (Lipinski definition) is 2. The third kappa shape index (κ3) is 5.88. The molecule has 0 radical (unpaired) electrons. The Balaban J connectivity index is 1.15. The van der Waals surface area contributed by atoms with Gasteiger partial charge in [-0.1, -0.05) is 12.5 Å². The number of ether oxygens (including phenoxy) is 4. The molecule has 33 heavy (non-hydrogen) atoms. The Morgan fingerprint density at radius 1 is 0.909 bits per heavy atom. The lowest BCUT2D eigenvalue weighted by Crippen LogP contribution is -2.26. The van der Waals surface area contributed by atoms with Crippen LogP contribution in [0.1, 0.15) is 44.2 Å². The minimum Gasteiger partial charge on any atom is -0.486 e. The fraction of sp³-hybridized carbons (Fsp3) is 0.435. The van der Waals surface area contributed by atoms with Crippen molar-refractivity contribution in [2.24, 2.45) is 0 Å². The van der Waals surface area contributed by atoms with E-state index in [1.165, 1.54) is 12.1 Å². The number of carbonyl (C=O) groups is 1. The van der Waals surface area contributed by atoms with Crippen molar-refractivity contribution in [2.45, 2.75) is 43.5 Å². The topological polar surface area (TPSA) is 112 Å². The van der Waals surface area contributed by atoms with Gasteiger partial charge in [0.25, 0.3) is 0 Å².